The van der Waals surface area contributed by atoms with E-state index < -0.39 is 5.97 Å². The number of anilines is 1. The maximum atomic E-state index is 10.4. The van der Waals surface area contributed by atoms with Crippen LogP contribution < -0.4 is 5.32 Å². The molecule has 2 N–H and O–H groups in total. The summed E-state index contributed by atoms with van der Waals surface area (Å²) in [5.74, 6) is -0.755. The van der Waals surface area contributed by atoms with Crippen molar-refractivity contribution >= 4 is 11.7 Å². The van der Waals surface area contributed by atoms with Gasteiger partial charge in [-0.3, -0.25) is 9.78 Å². The Morgan fingerprint density at radius 1 is 1.67 bits per heavy atom. The molecule has 0 amide bonds. The predicted octanol–water partition coefficient (Wildman–Crippen LogP) is 2.06. The van der Waals surface area contributed by atoms with Crippen LogP contribution in [-0.2, 0) is 4.79 Å². The molecule has 0 radical (unpaired) electrons. The van der Waals surface area contributed by atoms with Gasteiger partial charge in [-0.25, -0.2) is 0 Å². The van der Waals surface area contributed by atoms with Gasteiger partial charge in [-0.05, 0) is 31.9 Å². The molecule has 0 spiro atoms. The van der Waals surface area contributed by atoms with E-state index in [4.69, 9.17) is 5.11 Å². The van der Waals surface area contributed by atoms with Gasteiger partial charge in [0, 0.05) is 30.5 Å². The standard InChI is InChI=1S/C11H16N2O2/c1-8-7-12-6-5-10(8)13-9(2)3-4-11(14)15/h5-7,9H,3-4H2,1-2H3,(H,12,13)(H,14,15). The Balaban J connectivity index is 2.47. The van der Waals surface area contributed by atoms with Crippen molar-refractivity contribution in [3.05, 3.63) is 24.0 Å². The third-order valence-corrected chi connectivity index (χ3v) is 2.21. The number of nitrogens with one attached hydrogen (secondary N) is 1. The van der Waals surface area contributed by atoms with Gasteiger partial charge < -0.3 is 10.4 Å². The SMILES string of the molecule is Cc1cnccc1NC(C)CCC(=O)O. The Morgan fingerprint density at radius 3 is 3.00 bits per heavy atom. The number of carboxylic acid groups (broad SMARTS) is 1. The molecule has 1 atom stereocenters. The highest BCUT2D eigenvalue weighted by molar-refractivity contribution is 5.66. The van der Waals surface area contributed by atoms with Gasteiger partial charge in [0.05, 0.1) is 0 Å². The second-order valence-corrected chi connectivity index (χ2v) is 3.67. The van der Waals surface area contributed by atoms with E-state index in [9.17, 15) is 4.79 Å². The van der Waals surface area contributed by atoms with Crippen molar-refractivity contribution in [3.8, 4) is 0 Å². The van der Waals surface area contributed by atoms with Crippen LogP contribution in [0.25, 0.3) is 0 Å². The van der Waals surface area contributed by atoms with Crippen molar-refractivity contribution in [2.24, 2.45) is 0 Å². The van der Waals surface area contributed by atoms with E-state index in [0.717, 1.165) is 11.3 Å². The van der Waals surface area contributed by atoms with Crippen molar-refractivity contribution in [1.82, 2.24) is 4.98 Å². The molecule has 1 aromatic rings. The molecule has 15 heavy (non-hydrogen) atoms. The van der Waals surface area contributed by atoms with Crippen molar-refractivity contribution in [2.45, 2.75) is 32.7 Å². The largest absolute Gasteiger partial charge is 0.481 e. The number of carbonyl (C=O) groups is 1. The van der Waals surface area contributed by atoms with E-state index in [1.807, 2.05) is 19.9 Å². The Bertz CT molecular complexity index is 339. The zero-order valence-corrected chi connectivity index (χ0v) is 9.03. The van der Waals surface area contributed by atoms with Gasteiger partial charge in [0.15, 0.2) is 0 Å². The number of hydrogen-bond acceptors (Lipinski definition) is 3. The molecule has 0 aliphatic heterocycles. The second-order valence-electron chi connectivity index (χ2n) is 3.67. The number of rotatable bonds is 5. The first-order chi connectivity index (χ1) is 7.09. The average molecular weight is 208 g/mol. The molecule has 1 unspecified atom stereocenters. The van der Waals surface area contributed by atoms with E-state index in [-0.39, 0.29) is 12.5 Å². The number of pyridine rings is 1. The molecule has 0 saturated carbocycles. The summed E-state index contributed by atoms with van der Waals surface area (Å²) in [5.41, 5.74) is 2.09. The summed E-state index contributed by atoms with van der Waals surface area (Å²) in [4.78, 5) is 14.4. The highest BCUT2D eigenvalue weighted by Crippen LogP contribution is 2.14. The molecule has 4 nitrogen and oxygen atoms in total. The topological polar surface area (TPSA) is 62.2 Å². The Hall–Kier alpha value is -1.58. The third kappa shape index (κ3) is 3.97. The first-order valence-electron chi connectivity index (χ1n) is 4.98. The van der Waals surface area contributed by atoms with Crippen LogP contribution in [0.3, 0.4) is 0 Å². The summed E-state index contributed by atoms with van der Waals surface area (Å²) in [5, 5.41) is 11.8. The van der Waals surface area contributed by atoms with Crippen LogP contribution in [0.1, 0.15) is 25.3 Å². The lowest BCUT2D eigenvalue weighted by atomic mass is 10.1. The quantitative estimate of drug-likeness (QED) is 0.777. The molecule has 1 heterocycles. The zero-order valence-electron chi connectivity index (χ0n) is 9.03. The van der Waals surface area contributed by atoms with E-state index in [0.29, 0.717) is 6.42 Å². The summed E-state index contributed by atoms with van der Waals surface area (Å²) < 4.78 is 0. The van der Waals surface area contributed by atoms with Gasteiger partial charge in [-0.1, -0.05) is 0 Å². The van der Waals surface area contributed by atoms with Crippen molar-refractivity contribution in [3.63, 3.8) is 0 Å². The first-order valence-corrected chi connectivity index (χ1v) is 4.98. The minimum absolute atomic E-state index is 0.155. The number of aryl methyl sites for hydroxylation is 1. The van der Waals surface area contributed by atoms with Crippen LogP contribution in [-0.4, -0.2) is 22.1 Å². The molecule has 4 heteroatoms. The Labute approximate surface area is 89.3 Å². The molecule has 0 fully saturated rings. The maximum Gasteiger partial charge on any atom is 0.303 e. The van der Waals surface area contributed by atoms with Crippen LogP contribution in [0.15, 0.2) is 18.5 Å². The smallest absolute Gasteiger partial charge is 0.303 e. The van der Waals surface area contributed by atoms with Crippen LogP contribution in [0, 0.1) is 6.92 Å². The summed E-state index contributed by atoms with van der Waals surface area (Å²) in [7, 11) is 0. The molecule has 0 saturated heterocycles. The van der Waals surface area contributed by atoms with Gasteiger partial charge in [-0.2, -0.15) is 0 Å². The van der Waals surface area contributed by atoms with Crippen molar-refractivity contribution in [2.75, 3.05) is 5.32 Å². The highest BCUT2D eigenvalue weighted by Gasteiger charge is 2.06. The molecule has 82 valence electrons. The van der Waals surface area contributed by atoms with Crippen LogP contribution >= 0.6 is 0 Å². The Kier molecular flexibility index (Phi) is 4.09. The van der Waals surface area contributed by atoms with Crippen LogP contribution in [0.4, 0.5) is 5.69 Å². The number of carboxylic acids is 1. The van der Waals surface area contributed by atoms with E-state index in [1.165, 1.54) is 0 Å². The molecule has 0 bridgehead atoms. The Morgan fingerprint density at radius 2 is 2.40 bits per heavy atom. The van der Waals surface area contributed by atoms with E-state index >= 15 is 0 Å². The highest BCUT2D eigenvalue weighted by atomic mass is 16.4. The molecule has 0 aliphatic carbocycles. The normalized spacial score (nSPS) is 12.1. The van der Waals surface area contributed by atoms with Gasteiger partial charge in [0.25, 0.3) is 0 Å². The number of aromatic nitrogens is 1. The number of aliphatic carboxylic acids is 1. The summed E-state index contributed by atoms with van der Waals surface area (Å²) in [6.07, 6.45) is 4.32. The molecular weight excluding hydrogens is 192 g/mol. The van der Waals surface area contributed by atoms with Gasteiger partial charge in [0.2, 0.25) is 0 Å². The van der Waals surface area contributed by atoms with Gasteiger partial charge >= 0.3 is 5.97 Å². The molecule has 0 aliphatic rings. The number of hydrogen-bond donors (Lipinski definition) is 2. The number of nitrogens with zero attached hydrogens (tertiary/aromatic N) is 1. The molecule has 1 aromatic heterocycles. The van der Waals surface area contributed by atoms with Gasteiger partial charge in [0.1, 0.15) is 0 Å². The summed E-state index contributed by atoms with van der Waals surface area (Å²) in [6, 6.07) is 2.05. The van der Waals surface area contributed by atoms with E-state index in [2.05, 4.69) is 10.3 Å². The van der Waals surface area contributed by atoms with Crippen LogP contribution in [0.5, 0.6) is 0 Å². The fourth-order valence-corrected chi connectivity index (χ4v) is 1.31. The monoisotopic (exact) mass is 208 g/mol. The lowest BCUT2D eigenvalue weighted by molar-refractivity contribution is -0.137. The minimum Gasteiger partial charge on any atom is -0.481 e. The maximum absolute atomic E-state index is 10.4. The van der Waals surface area contributed by atoms with Crippen molar-refractivity contribution in [1.29, 1.82) is 0 Å². The second kappa shape index (κ2) is 5.34. The van der Waals surface area contributed by atoms with Gasteiger partial charge in [-0.15, -0.1) is 0 Å². The lowest BCUT2D eigenvalue weighted by Crippen LogP contribution is -2.17. The molecule has 1 rings (SSSR count). The minimum atomic E-state index is -0.755. The zero-order chi connectivity index (χ0) is 11.3. The third-order valence-electron chi connectivity index (χ3n) is 2.21. The fraction of sp³-hybridized carbons (Fsp3) is 0.455. The van der Waals surface area contributed by atoms with E-state index in [1.54, 1.807) is 12.4 Å². The molecule has 0 aromatic carbocycles. The molecular formula is C11H16N2O2. The fourth-order valence-electron chi connectivity index (χ4n) is 1.31. The average Bonchev–Trinajstić information content (AvgIpc) is 2.18. The van der Waals surface area contributed by atoms with Crippen molar-refractivity contribution < 1.29 is 9.90 Å². The predicted molar refractivity (Wildman–Crippen MR) is 58.9 cm³/mol. The summed E-state index contributed by atoms with van der Waals surface area (Å²) in [6.45, 7) is 3.95. The first kappa shape index (κ1) is 11.5. The van der Waals surface area contributed by atoms with Crippen LogP contribution in [0.2, 0.25) is 0 Å². The summed E-state index contributed by atoms with van der Waals surface area (Å²) >= 11 is 0. The lowest BCUT2D eigenvalue weighted by Gasteiger charge is -2.15.